The highest BCUT2D eigenvalue weighted by atomic mass is 32.1. The molecule has 112 valence electrons. The second kappa shape index (κ2) is 7.21. The maximum Gasteiger partial charge on any atom is 0.0449 e. The van der Waals surface area contributed by atoms with Crippen LogP contribution in [0.15, 0.2) is 47.2 Å². The molecule has 0 radical (unpaired) electrons. The molecule has 2 unspecified atom stereocenters. The molecule has 1 aromatic carbocycles. The van der Waals surface area contributed by atoms with Gasteiger partial charge in [-0.3, -0.25) is 4.90 Å². The lowest BCUT2D eigenvalue weighted by molar-refractivity contribution is 0.207. The second-order valence-corrected chi connectivity index (χ2v) is 6.71. The first-order valence-electron chi connectivity index (χ1n) is 7.86. The predicted molar refractivity (Wildman–Crippen MR) is 90.9 cm³/mol. The first-order chi connectivity index (χ1) is 10.3. The molecule has 2 heterocycles. The van der Waals surface area contributed by atoms with Crippen LogP contribution in [-0.2, 0) is 6.42 Å². The molecular weight excluding hydrogens is 276 g/mol. The number of nitrogens with one attached hydrogen (secondary N) is 1. The molecule has 0 bridgehead atoms. The molecule has 1 aromatic heterocycles. The molecule has 0 amide bonds. The standard InChI is InChI=1S/C18H24N2S/c1-15-7-10-19-18(17-5-3-2-4-6-17)13-20(15)11-8-16-9-12-21-14-16/h2-6,9,12,14-15,18-19H,7-8,10-11,13H2,1H3. The molecule has 1 saturated heterocycles. The van der Waals surface area contributed by atoms with E-state index in [1.54, 1.807) is 11.3 Å². The van der Waals surface area contributed by atoms with E-state index in [4.69, 9.17) is 0 Å². The van der Waals surface area contributed by atoms with Crippen LogP contribution in [0.5, 0.6) is 0 Å². The highest BCUT2D eigenvalue weighted by molar-refractivity contribution is 7.07. The van der Waals surface area contributed by atoms with Gasteiger partial charge in [0.1, 0.15) is 0 Å². The maximum absolute atomic E-state index is 3.71. The third-order valence-electron chi connectivity index (χ3n) is 4.46. The van der Waals surface area contributed by atoms with Crippen molar-refractivity contribution < 1.29 is 0 Å². The van der Waals surface area contributed by atoms with Crippen LogP contribution in [0.2, 0.25) is 0 Å². The minimum absolute atomic E-state index is 0.457. The van der Waals surface area contributed by atoms with Crippen LogP contribution in [0.25, 0.3) is 0 Å². The Morgan fingerprint density at radius 2 is 2.10 bits per heavy atom. The number of thiophene rings is 1. The first kappa shape index (κ1) is 14.8. The maximum atomic E-state index is 3.71. The average Bonchev–Trinajstić information content (AvgIpc) is 2.97. The van der Waals surface area contributed by atoms with Gasteiger partial charge in [-0.15, -0.1) is 0 Å². The zero-order valence-electron chi connectivity index (χ0n) is 12.7. The lowest BCUT2D eigenvalue weighted by Crippen LogP contribution is -2.37. The zero-order chi connectivity index (χ0) is 14.5. The molecule has 21 heavy (non-hydrogen) atoms. The van der Waals surface area contributed by atoms with Crippen molar-refractivity contribution in [1.82, 2.24) is 10.2 Å². The van der Waals surface area contributed by atoms with Gasteiger partial charge < -0.3 is 5.32 Å². The van der Waals surface area contributed by atoms with Crippen LogP contribution in [0, 0.1) is 0 Å². The van der Waals surface area contributed by atoms with E-state index in [0.29, 0.717) is 12.1 Å². The van der Waals surface area contributed by atoms with E-state index in [-0.39, 0.29) is 0 Å². The number of hydrogen-bond acceptors (Lipinski definition) is 3. The summed E-state index contributed by atoms with van der Waals surface area (Å²) in [5.74, 6) is 0. The molecular formula is C18H24N2S. The quantitative estimate of drug-likeness (QED) is 0.926. The van der Waals surface area contributed by atoms with Gasteiger partial charge in [-0.05, 0) is 54.3 Å². The van der Waals surface area contributed by atoms with Crippen LogP contribution in [0.4, 0.5) is 0 Å². The summed E-state index contributed by atoms with van der Waals surface area (Å²) in [4.78, 5) is 2.65. The van der Waals surface area contributed by atoms with Gasteiger partial charge >= 0.3 is 0 Å². The molecule has 0 aliphatic carbocycles. The monoisotopic (exact) mass is 300 g/mol. The molecule has 1 aliphatic rings. The fraction of sp³-hybridized carbons (Fsp3) is 0.444. The van der Waals surface area contributed by atoms with Crippen LogP contribution in [-0.4, -0.2) is 30.6 Å². The summed E-state index contributed by atoms with van der Waals surface area (Å²) >= 11 is 1.80. The van der Waals surface area contributed by atoms with Crippen molar-refractivity contribution in [2.45, 2.75) is 31.8 Å². The van der Waals surface area contributed by atoms with E-state index in [9.17, 15) is 0 Å². The van der Waals surface area contributed by atoms with Gasteiger partial charge in [-0.2, -0.15) is 11.3 Å². The Balaban J connectivity index is 1.66. The number of benzene rings is 1. The van der Waals surface area contributed by atoms with E-state index in [1.165, 1.54) is 17.5 Å². The molecule has 0 spiro atoms. The molecule has 3 rings (SSSR count). The number of nitrogens with zero attached hydrogens (tertiary/aromatic N) is 1. The van der Waals surface area contributed by atoms with Crippen molar-refractivity contribution in [2.24, 2.45) is 0 Å². The zero-order valence-corrected chi connectivity index (χ0v) is 13.5. The van der Waals surface area contributed by atoms with Crippen molar-refractivity contribution in [3.63, 3.8) is 0 Å². The molecule has 2 atom stereocenters. The van der Waals surface area contributed by atoms with Crippen LogP contribution >= 0.6 is 11.3 Å². The lowest BCUT2D eigenvalue weighted by atomic mass is 10.1. The Bertz CT molecular complexity index is 523. The topological polar surface area (TPSA) is 15.3 Å². The number of hydrogen-bond donors (Lipinski definition) is 1. The SMILES string of the molecule is CC1CCNC(c2ccccc2)CN1CCc1ccsc1. The van der Waals surface area contributed by atoms with Crippen molar-refractivity contribution in [3.8, 4) is 0 Å². The summed E-state index contributed by atoms with van der Waals surface area (Å²) < 4.78 is 0. The molecule has 0 saturated carbocycles. The van der Waals surface area contributed by atoms with E-state index in [2.05, 4.69) is 64.3 Å². The van der Waals surface area contributed by atoms with Gasteiger partial charge in [-0.25, -0.2) is 0 Å². The van der Waals surface area contributed by atoms with Crippen LogP contribution < -0.4 is 5.32 Å². The fourth-order valence-electron chi connectivity index (χ4n) is 3.06. The summed E-state index contributed by atoms with van der Waals surface area (Å²) in [6.45, 7) is 5.73. The highest BCUT2D eigenvalue weighted by Crippen LogP contribution is 2.20. The predicted octanol–water partition coefficient (Wildman–Crippen LogP) is 3.72. The van der Waals surface area contributed by atoms with Crippen LogP contribution in [0.3, 0.4) is 0 Å². The number of rotatable bonds is 4. The summed E-state index contributed by atoms with van der Waals surface area (Å²) in [5, 5.41) is 8.16. The third kappa shape index (κ3) is 3.94. The summed E-state index contributed by atoms with van der Waals surface area (Å²) in [6, 6.07) is 14.2. The Morgan fingerprint density at radius 3 is 2.86 bits per heavy atom. The minimum atomic E-state index is 0.457. The van der Waals surface area contributed by atoms with E-state index in [0.717, 1.165) is 26.1 Å². The van der Waals surface area contributed by atoms with Crippen LogP contribution in [0.1, 0.15) is 30.5 Å². The highest BCUT2D eigenvalue weighted by Gasteiger charge is 2.23. The Morgan fingerprint density at radius 1 is 1.24 bits per heavy atom. The molecule has 1 N–H and O–H groups in total. The average molecular weight is 300 g/mol. The van der Waals surface area contributed by atoms with Crippen molar-refractivity contribution in [3.05, 3.63) is 58.3 Å². The Labute approximate surface area is 131 Å². The van der Waals surface area contributed by atoms with Gasteiger partial charge in [-0.1, -0.05) is 30.3 Å². The van der Waals surface area contributed by atoms with Crippen molar-refractivity contribution >= 4 is 11.3 Å². The van der Waals surface area contributed by atoms with Gasteiger partial charge in [0.2, 0.25) is 0 Å². The minimum Gasteiger partial charge on any atom is -0.309 e. The summed E-state index contributed by atoms with van der Waals surface area (Å²) in [7, 11) is 0. The molecule has 2 aromatic rings. The normalized spacial score (nSPS) is 23.9. The molecule has 2 nitrogen and oxygen atoms in total. The summed E-state index contributed by atoms with van der Waals surface area (Å²) in [5.41, 5.74) is 2.88. The molecule has 1 fully saturated rings. The largest absolute Gasteiger partial charge is 0.309 e. The second-order valence-electron chi connectivity index (χ2n) is 5.93. The Hall–Kier alpha value is -1.16. The first-order valence-corrected chi connectivity index (χ1v) is 8.80. The van der Waals surface area contributed by atoms with E-state index < -0.39 is 0 Å². The van der Waals surface area contributed by atoms with Gasteiger partial charge in [0, 0.05) is 25.2 Å². The smallest absolute Gasteiger partial charge is 0.0449 e. The van der Waals surface area contributed by atoms with E-state index in [1.807, 2.05) is 0 Å². The molecule has 3 heteroatoms. The van der Waals surface area contributed by atoms with Crippen molar-refractivity contribution in [2.75, 3.05) is 19.6 Å². The fourth-order valence-corrected chi connectivity index (χ4v) is 3.76. The van der Waals surface area contributed by atoms with E-state index >= 15 is 0 Å². The van der Waals surface area contributed by atoms with Gasteiger partial charge in [0.05, 0.1) is 0 Å². The van der Waals surface area contributed by atoms with Crippen molar-refractivity contribution in [1.29, 1.82) is 0 Å². The summed E-state index contributed by atoms with van der Waals surface area (Å²) in [6.07, 6.45) is 2.39. The lowest BCUT2D eigenvalue weighted by Gasteiger charge is -2.29. The Kier molecular flexibility index (Phi) is 5.07. The van der Waals surface area contributed by atoms with Gasteiger partial charge in [0.25, 0.3) is 0 Å². The molecule has 1 aliphatic heterocycles. The third-order valence-corrected chi connectivity index (χ3v) is 5.20. The van der Waals surface area contributed by atoms with Gasteiger partial charge in [0.15, 0.2) is 0 Å².